The fourth-order valence-electron chi connectivity index (χ4n) is 1.56. The second kappa shape index (κ2) is 3.70. The minimum atomic E-state index is -0.777. The van der Waals surface area contributed by atoms with Gasteiger partial charge in [-0.25, -0.2) is 0 Å². The van der Waals surface area contributed by atoms with Crippen LogP contribution < -0.4 is 0 Å². The predicted octanol–water partition coefficient (Wildman–Crippen LogP) is -0.876. The molecule has 1 saturated heterocycles. The van der Waals surface area contributed by atoms with E-state index >= 15 is 0 Å². The first kappa shape index (κ1) is 9.92. The summed E-state index contributed by atoms with van der Waals surface area (Å²) in [5.41, 5.74) is 0. The van der Waals surface area contributed by atoms with Gasteiger partial charge in [-0.2, -0.15) is 0 Å². The molecule has 3 N–H and O–H groups in total. The Balaban J connectivity index is 2.63. The summed E-state index contributed by atoms with van der Waals surface area (Å²) < 4.78 is 5.18. The van der Waals surface area contributed by atoms with Crippen molar-refractivity contribution in [1.82, 2.24) is 0 Å². The molecule has 0 aromatic rings. The van der Waals surface area contributed by atoms with Gasteiger partial charge in [0, 0.05) is 5.92 Å². The summed E-state index contributed by atoms with van der Waals surface area (Å²) in [6, 6.07) is 0. The van der Waals surface area contributed by atoms with Crippen molar-refractivity contribution in [1.29, 1.82) is 0 Å². The van der Waals surface area contributed by atoms with Crippen molar-refractivity contribution in [3.8, 4) is 0 Å². The second-order valence-corrected chi connectivity index (χ2v) is 3.40. The molecular formula is C8H16O4. The zero-order valence-electron chi connectivity index (χ0n) is 7.34. The average Bonchev–Trinajstić information content (AvgIpc) is 2.08. The second-order valence-electron chi connectivity index (χ2n) is 3.40. The van der Waals surface area contributed by atoms with Gasteiger partial charge in [0.05, 0.1) is 24.9 Å². The van der Waals surface area contributed by atoms with Gasteiger partial charge in [0.15, 0.2) is 0 Å². The molecule has 4 heteroatoms. The van der Waals surface area contributed by atoms with E-state index in [2.05, 4.69) is 0 Å². The monoisotopic (exact) mass is 176 g/mol. The van der Waals surface area contributed by atoms with Crippen molar-refractivity contribution in [2.75, 3.05) is 6.61 Å². The van der Waals surface area contributed by atoms with Gasteiger partial charge in [0.25, 0.3) is 0 Å². The molecule has 0 aromatic heterocycles. The normalized spacial score (nSPS) is 49.2. The van der Waals surface area contributed by atoms with E-state index in [4.69, 9.17) is 9.84 Å². The van der Waals surface area contributed by atoms with Crippen LogP contribution in [0.4, 0.5) is 0 Å². The van der Waals surface area contributed by atoms with Gasteiger partial charge >= 0.3 is 0 Å². The van der Waals surface area contributed by atoms with Crippen molar-refractivity contribution in [3.05, 3.63) is 0 Å². The lowest BCUT2D eigenvalue weighted by atomic mass is 9.88. The highest BCUT2D eigenvalue weighted by Gasteiger charge is 2.39. The van der Waals surface area contributed by atoms with Gasteiger partial charge in [0.1, 0.15) is 6.10 Å². The Kier molecular flexibility index (Phi) is 3.06. The minimum absolute atomic E-state index is 0.206. The van der Waals surface area contributed by atoms with E-state index in [-0.39, 0.29) is 18.6 Å². The molecule has 1 heterocycles. The molecular weight excluding hydrogens is 160 g/mol. The van der Waals surface area contributed by atoms with Crippen LogP contribution in [0, 0.1) is 5.92 Å². The minimum Gasteiger partial charge on any atom is -0.394 e. The Labute approximate surface area is 71.8 Å². The van der Waals surface area contributed by atoms with Gasteiger partial charge in [-0.05, 0) is 6.92 Å². The Morgan fingerprint density at radius 2 is 1.75 bits per heavy atom. The first-order valence-corrected chi connectivity index (χ1v) is 4.20. The van der Waals surface area contributed by atoms with Crippen LogP contribution in [-0.4, -0.2) is 46.3 Å². The molecule has 1 aliphatic heterocycles. The van der Waals surface area contributed by atoms with Crippen LogP contribution >= 0.6 is 0 Å². The summed E-state index contributed by atoms with van der Waals surface area (Å²) in [7, 11) is 0. The molecule has 0 amide bonds. The number of hydrogen-bond donors (Lipinski definition) is 3. The van der Waals surface area contributed by atoms with Gasteiger partial charge < -0.3 is 20.1 Å². The molecule has 1 aliphatic rings. The molecule has 0 saturated carbocycles. The van der Waals surface area contributed by atoms with Crippen LogP contribution in [0.5, 0.6) is 0 Å². The zero-order chi connectivity index (χ0) is 9.30. The Morgan fingerprint density at radius 3 is 2.25 bits per heavy atom. The lowest BCUT2D eigenvalue weighted by Crippen LogP contribution is -2.53. The molecule has 12 heavy (non-hydrogen) atoms. The summed E-state index contributed by atoms with van der Waals surface area (Å²) in [6.07, 6.45) is -2.30. The molecule has 0 aliphatic carbocycles. The molecule has 0 spiro atoms. The first-order valence-electron chi connectivity index (χ1n) is 4.20. The Bertz CT molecular complexity index is 145. The van der Waals surface area contributed by atoms with Crippen LogP contribution in [0.15, 0.2) is 0 Å². The molecule has 2 unspecified atom stereocenters. The molecule has 4 nitrogen and oxygen atoms in total. The van der Waals surface area contributed by atoms with Crippen LogP contribution in [0.2, 0.25) is 0 Å². The third-order valence-electron chi connectivity index (χ3n) is 2.51. The molecule has 1 rings (SSSR count). The molecule has 72 valence electrons. The maximum atomic E-state index is 9.48. The highest BCUT2D eigenvalue weighted by molar-refractivity contribution is 4.87. The summed E-state index contributed by atoms with van der Waals surface area (Å²) in [5, 5.41) is 27.8. The lowest BCUT2D eigenvalue weighted by molar-refractivity contribution is -0.199. The van der Waals surface area contributed by atoms with Crippen molar-refractivity contribution in [3.63, 3.8) is 0 Å². The van der Waals surface area contributed by atoms with Crippen LogP contribution in [-0.2, 0) is 4.74 Å². The van der Waals surface area contributed by atoms with Gasteiger partial charge in [-0.15, -0.1) is 0 Å². The zero-order valence-corrected chi connectivity index (χ0v) is 7.34. The summed E-state index contributed by atoms with van der Waals surface area (Å²) >= 11 is 0. The maximum Gasteiger partial charge on any atom is 0.107 e. The number of aliphatic hydroxyl groups is 3. The van der Waals surface area contributed by atoms with Crippen molar-refractivity contribution in [2.24, 2.45) is 5.92 Å². The lowest BCUT2D eigenvalue weighted by Gasteiger charge is -2.39. The quantitative estimate of drug-likeness (QED) is 0.485. The average molecular weight is 176 g/mol. The predicted molar refractivity (Wildman–Crippen MR) is 42.6 cm³/mol. The van der Waals surface area contributed by atoms with E-state index in [1.54, 1.807) is 13.8 Å². The number of ether oxygens (including phenoxy) is 1. The Morgan fingerprint density at radius 1 is 1.17 bits per heavy atom. The van der Waals surface area contributed by atoms with Gasteiger partial charge in [0.2, 0.25) is 0 Å². The van der Waals surface area contributed by atoms with Gasteiger partial charge in [-0.3, -0.25) is 0 Å². The summed E-state index contributed by atoms with van der Waals surface area (Å²) in [6.45, 7) is 3.27. The fourth-order valence-corrected chi connectivity index (χ4v) is 1.56. The van der Waals surface area contributed by atoms with E-state index in [1.807, 2.05) is 0 Å². The molecule has 1 fully saturated rings. The SMILES string of the molecule is CC1C(O)[C@H](C)O[C@@H](CO)[C@H]1O. The van der Waals surface area contributed by atoms with E-state index in [9.17, 15) is 10.2 Å². The molecule has 0 aromatic carbocycles. The van der Waals surface area contributed by atoms with Crippen molar-refractivity contribution >= 4 is 0 Å². The van der Waals surface area contributed by atoms with E-state index in [0.29, 0.717) is 0 Å². The highest BCUT2D eigenvalue weighted by Crippen LogP contribution is 2.25. The van der Waals surface area contributed by atoms with E-state index in [0.717, 1.165) is 0 Å². The summed E-state index contributed by atoms with van der Waals surface area (Å²) in [4.78, 5) is 0. The topological polar surface area (TPSA) is 69.9 Å². The third-order valence-corrected chi connectivity index (χ3v) is 2.51. The maximum absolute atomic E-state index is 9.48. The smallest absolute Gasteiger partial charge is 0.107 e. The third kappa shape index (κ3) is 1.61. The fraction of sp³-hybridized carbons (Fsp3) is 1.00. The van der Waals surface area contributed by atoms with E-state index < -0.39 is 18.3 Å². The number of hydrogen-bond acceptors (Lipinski definition) is 4. The standard InChI is InChI=1S/C8H16O4/c1-4-7(10)5(2)12-6(3-9)8(4)11/h4-11H,3H2,1-2H3/t4?,5-,6-,7?,8-/m0/s1. The van der Waals surface area contributed by atoms with Gasteiger partial charge in [-0.1, -0.05) is 6.92 Å². The van der Waals surface area contributed by atoms with Crippen molar-refractivity contribution in [2.45, 2.75) is 38.3 Å². The number of aliphatic hydroxyl groups excluding tert-OH is 3. The molecule has 5 atom stereocenters. The first-order chi connectivity index (χ1) is 5.57. The molecule has 0 bridgehead atoms. The van der Waals surface area contributed by atoms with Crippen LogP contribution in [0.3, 0.4) is 0 Å². The summed E-state index contributed by atoms with van der Waals surface area (Å²) in [5.74, 6) is -0.245. The van der Waals surface area contributed by atoms with E-state index in [1.165, 1.54) is 0 Å². The van der Waals surface area contributed by atoms with Crippen LogP contribution in [0.25, 0.3) is 0 Å². The van der Waals surface area contributed by atoms with Crippen molar-refractivity contribution < 1.29 is 20.1 Å². The number of rotatable bonds is 1. The molecule has 0 radical (unpaired) electrons. The Hall–Kier alpha value is -0.160. The largest absolute Gasteiger partial charge is 0.394 e. The van der Waals surface area contributed by atoms with Crippen LogP contribution in [0.1, 0.15) is 13.8 Å². The highest BCUT2D eigenvalue weighted by atomic mass is 16.5.